The summed E-state index contributed by atoms with van der Waals surface area (Å²) in [4.78, 5) is 29.0. The molecule has 0 heterocycles. The van der Waals surface area contributed by atoms with Crippen LogP contribution >= 0.6 is 23.2 Å². The van der Waals surface area contributed by atoms with Crippen molar-refractivity contribution in [3.8, 4) is 0 Å². The van der Waals surface area contributed by atoms with E-state index in [0.717, 1.165) is 47.5 Å². The van der Waals surface area contributed by atoms with Crippen LogP contribution in [0.25, 0.3) is 0 Å². The van der Waals surface area contributed by atoms with Crippen LogP contribution in [0.5, 0.6) is 0 Å². The predicted octanol–water partition coefficient (Wildman–Crippen LogP) is 6.67. The van der Waals surface area contributed by atoms with Gasteiger partial charge in [0.2, 0.25) is 11.8 Å². The third kappa shape index (κ3) is 7.65. The maximum absolute atomic E-state index is 14.1. The lowest BCUT2D eigenvalue weighted by Gasteiger charge is -2.33. The first-order chi connectivity index (χ1) is 20.0. The fraction of sp³-hybridized carbons (Fsp3) is 0.375. The van der Waals surface area contributed by atoms with Crippen LogP contribution in [0.2, 0.25) is 10.0 Å². The number of halogens is 2. The van der Waals surface area contributed by atoms with Gasteiger partial charge < -0.3 is 10.2 Å². The molecular formula is C32H37Cl2N3O4S. The molecule has 0 aromatic heterocycles. The molecule has 42 heavy (non-hydrogen) atoms. The number of carbonyl (C=O) groups is 2. The minimum atomic E-state index is -4.18. The second-order valence-electron chi connectivity index (χ2n) is 10.9. The number of aryl methyl sites for hydroxylation is 2. The van der Waals surface area contributed by atoms with Crippen LogP contribution in [0, 0.1) is 13.8 Å². The van der Waals surface area contributed by atoms with Gasteiger partial charge in [-0.15, -0.1) is 0 Å². The lowest BCUT2D eigenvalue weighted by molar-refractivity contribution is -0.139. The summed E-state index contributed by atoms with van der Waals surface area (Å²) in [5.74, 6) is -0.808. The third-order valence-electron chi connectivity index (χ3n) is 7.88. The van der Waals surface area contributed by atoms with Gasteiger partial charge in [-0.25, -0.2) is 8.42 Å². The molecule has 1 saturated carbocycles. The van der Waals surface area contributed by atoms with Crippen LogP contribution in [-0.4, -0.2) is 43.8 Å². The van der Waals surface area contributed by atoms with Gasteiger partial charge in [-0.1, -0.05) is 66.7 Å². The van der Waals surface area contributed by atoms with Gasteiger partial charge in [-0.05, 0) is 92.8 Å². The molecule has 2 amide bonds. The average molecular weight is 631 g/mol. The van der Waals surface area contributed by atoms with Gasteiger partial charge >= 0.3 is 0 Å². The van der Waals surface area contributed by atoms with Gasteiger partial charge in [-0.3, -0.25) is 13.9 Å². The van der Waals surface area contributed by atoms with Crippen molar-refractivity contribution in [3.05, 3.63) is 93.5 Å². The first kappa shape index (κ1) is 31.9. The normalized spacial score (nSPS) is 14.7. The van der Waals surface area contributed by atoms with Crippen LogP contribution in [0.3, 0.4) is 0 Å². The number of amides is 2. The smallest absolute Gasteiger partial charge is 0.264 e. The van der Waals surface area contributed by atoms with Gasteiger partial charge in [0, 0.05) is 22.6 Å². The zero-order valence-corrected chi connectivity index (χ0v) is 26.5. The molecule has 0 radical (unpaired) electrons. The molecule has 4 rings (SSSR count). The zero-order chi connectivity index (χ0) is 30.4. The Morgan fingerprint density at radius 2 is 1.60 bits per heavy atom. The molecule has 1 fully saturated rings. The monoisotopic (exact) mass is 629 g/mol. The van der Waals surface area contributed by atoms with Crippen molar-refractivity contribution in [2.45, 2.75) is 76.4 Å². The predicted molar refractivity (Wildman–Crippen MR) is 168 cm³/mol. The molecule has 3 aromatic carbocycles. The highest BCUT2D eigenvalue weighted by atomic mass is 35.5. The molecule has 1 aliphatic rings. The molecule has 7 nitrogen and oxygen atoms in total. The highest BCUT2D eigenvalue weighted by Gasteiger charge is 2.33. The minimum absolute atomic E-state index is 0.00123. The maximum Gasteiger partial charge on any atom is 0.264 e. The second kappa shape index (κ2) is 13.9. The Bertz CT molecular complexity index is 1520. The number of benzene rings is 3. The van der Waals surface area contributed by atoms with E-state index in [9.17, 15) is 18.0 Å². The Kier molecular flexibility index (Phi) is 10.6. The molecule has 1 atom stereocenters. The number of anilines is 1. The van der Waals surface area contributed by atoms with E-state index >= 15 is 0 Å². The van der Waals surface area contributed by atoms with Crippen LogP contribution < -0.4 is 9.62 Å². The van der Waals surface area contributed by atoms with Crippen LogP contribution in [0.1, 0.15) is 55.7 Å². The van der Waals surface area contributed by atoms with E-state index in [1.54, 1.807) is 37.3 Å². The van der Waals surface area contributed by atoms with Crippen molar-refractivity contribution in [1.29, 1.82) is 0 Å². The number of nitrogens with zero attached hydrogens (tertiary/aromatic N) is 2. The topological polar surface area (TPSA) is 86.8 Å². The largest absolute Gasteiger partial charge is 0.352 e. The summed E-state index contributed by atoms with van der Waals surface area (Å²) in [7, 11) is -4.18. The third-order valence-corrected chi connectivity index (χ3v) is 10.3. The molecule has 1 aliphatic carbocycles. The summed E-state index contributed by atoms with van der Waals surface area (Å²) in [6.45, 7) is 5.01. The molecule has 0 unspecified atom stereocenters. The molecule has 0 bridgehead atoms. The summed E-state index contributed by atoms with van der Waals surface area (Å²) in [5.41, 5.74) is 2.87. The van der Waals surface area contributed by atoms with E-state index in [-0.39, 0.29) is 23.4 Å². The summed E-state index contributed by atoms with van der Waals surface area (Å²) in [5, 5.41) is 3.95. The maximum atomic E-state index is 14.1. The van der Waals surface area contributed by atoms with E-state index in [0.29, 0.717) is 21.3 Å². The van der Waals surface area contributed by atoms with Crippen molar-refractivity contribution < 1.29 is 18.0 Å². The van der Waals surface area contributed by atoms with Crippen molar-refractivity contribution in [2.24, 2.45) is 0 Å². The SMILES string of the molecule is Cc1ccc(N(CC(=O)N(Cc2ccccc2Cl)[C@H](C)C(=O)NC2CCCCC2)S(=O)(=O)c2ccc(Cl)cc2)cc1C. The van der Waals surface area contributed by atoms with Gasteiger partial charge in [0.05, 0.1) is 10.6 Å². The Labute approximate surface area is 258 Å². The van der Waals surface area contributed by atoms with Crippen molar-refractivity contribution in [3.63, 3.8) is 0 Å². The van der Waals surface area contributed by atoms with Crippen molar-refractivity contribution >= 4 is 50.7 Å². The molecule has 3 aromatic rings. The molecule has 10 heteroatoms. The van der Waals surface area contributed by atoms with E-state index in [1.807, 2.05) is 26.0 Å². The fourth-order valence-corrected chi connectivity index (χ4v) is 6.83. The number of sulfonamides is 1. The number of hydrogen-bond acceptors (Lipinski definition) is 4. The number of hydrogen-bond donors (Lipinski definition) is 1. The molecular weight excluding hydrogens is 593 g/mol. The highest BCUT2D eigenvalue weighted by Crippen LogP contribution is 2.28. The van der Waals surface area contributed by atoms with E-state index in [1.165, 1.54) is 29.2 Å². The summed E-state index contributed by atoms with van der Waals surface area (Å²) < 4.78 is 29.1. The summed E-state index contributed by atoms with van der Waals surface area (Å²) in [6, 6.07) is 17.4. The molecule has 0 saturated heterocycles. The first-order valence-electron chi connectivity index (χ1n) is 14.2. The average Bonchev–Trinajstić information content (AvgIpc) is 2.97. The van der Waals surface area contributed by atoms with Gasteiger partial charge in [-0.2, -0.15) is 0 Å². The van der Waals surface area contributed by atoms with E-state index in [4.69, 9.17) is 23.2 Å². The fourth-order valence-electron chi connectivity index (χ4n) is 5.10. The first-order valence-corrected chi connectivity index (χ1v) is 16.4. The summed E-state index contributed by atoms with van der Waals surface area (Å²) in [6.07, 6.45) is 5.05. The standard InChI is InChI=1S/C32H37Cl2N3O4S/c1-22-13-16-28(19-23(22)2)37(42(40,41)29-17-14-26(33)15-18-29)21-31(38)36(20-25-9-7-8-12-30(25)34)24(3)32(39)35-27-10-5-4-6-11-27/h7-9,12-19,24,27H,4-6,10-11,20-21H2,1-3H3,(H,35,39)/t24-/m1/s1. The molecule has 1 N–H and O–H groups in total. The van der Waals surface area contributed by atoms with Gasteiger partial charge in [0.25, 0.3) is 10.0 Å². The quantitative estimate of drug-likeness (QED) is 0.271. The Balaban J connectivity index is 1.70. The number of carbonyl (C=O) groups excluding carboxylic acids is 2. The van der Waals surface area contributed by atoms with Crippen LogP contribution in [0.4, 0.5) is 5.69 Å². The molecule has 0 spiro atoms. The summed E-state index contributed by atoms with van der Waals surface area (Å²) >= 11 is 12.5. The Morgan fingerprint density at radius 3 is 2.24 bits per heavy atom. The molecule has 224 valence electrons. The lowest BCUT2D eigenvalue weighted by Crippen LogP contribution is -2.53. The number of nitrogens with one attached hydrogen (secondary N) is 1. The van der Waals surface area contributed by atoms with E-state index in [2.05, 4.69) is 5.32 Å². The second-order valence-corrected chi connectivity index (χ2v) is 13.6. The van der Waals surface area contributed by atoms with Crippen LogP contribution in [0.15, 0.2) is 71.6 Å². The van der Waals surface area contributed by atoms with Gasteiger partial charge in [0.15, 0.2) is 0 Å². The molecule has 0 aliphatic heterocycles. The van der Waals surface area contributed by atoms with Crippen molar-refractivity contribution in [1.82, 2.24) is 10.2 Å². The Morgan fingerprint density at radius 1 is 0.929 bits per heavy atom. The highest BCUT2D eigenvalue weighted by molar-refractivity contribution is 7.92. The minimum Gasteiger partial charge on any atom is -0.352 e. The number of rotatable bonds is 10. The van der Waals surface area contributed by atoms with Crippen molar-refractivity contribution in [2.75, 3.05) is 10.8 Å². The van der Waals surface area contributed by atoms with Gasteiger partial charge in [0.1, 0.15) is 12.6 Å². The zero-order valence-electron chi connectivity index (χ0n) is 24.1. The lowest BCUT2D eigenvalue weighted by atomic mass is 9.95. The Hall–Kier alpha value is -3.07. The van der Waals surface area contributed by atoms with Crippen LogP contribution in [-0.2, 0) is 26.2 Å². The van der Waals surface area contributed by atoms with E-state index < -0.39 is 28.5 Å².